The van der Waals surface area contributed by atoms with E-state index in [2.05, 4.69) is 21.0 Å². The predicted molar refractivity (Wildman–Crippen MR) is 80.9 cm³/mol. The van der Waals surface area contributed by atoms with E-state index in [1.807, 2.05) is 60.7 Å². The number of hydrogen-bond acceptors (Lipinski definition) is 2. The zero-order valence-corrected chi connectivity index (χ0v) is 11.7. The smallest absolute Gasteiger partial charge is 0.109 e. The fraction of sp³-hybridized carbons (Fsp3) is 0. The van der Waals surface area contributed by atoms with Gasteiger partial charge in [-0.05, 0) is 15.9 Å². The number of hydrogen-bond donors (Lipinski definition) is 1. The summed E-state index contributed by atoms with van der Waals surface area (Å²) in [5.74, 6) is 5.99. The number of nitrogen functional groups attached to an aromatic ring is 1. The lowest BCUT2D eigenvalue weighted by Gasteiger charge is -2.01. The molecule has 0 saturated carbocycles. The third-order valence-corrected chi connectivity index (χ3v) is 3.70. The van der Waals surface area contributed by atoms with E-state index >= 15 is 0 Å². The Kier molecular flexibility index (Phi) is 3.09. The van der Waals surface area contributed by atoms with Crippen LogP contribution in [0.5, 0.6) is 0 Å². The van der Waals surface area contributed by atoms with Crippen molar-refractivity contribution in [3.05, 3.63) is 65.1 Å². The Labute approximate surface area is 119 Å². The molecule has 0 aliphatic carbocycles. The molecule has 0 bridgehead atoms. The first-order valence-corrected chi connectivity index (χ1v) is 6.71. The Hall–Kier alpha value is -2.07. The van der Waals surface area contributed by atoms with Crippen LogP contribution >= 0.6 is 15.9 Å². The highest BCUT2D eigenvalue weighted by atomic mass is 79.9. The topological polar surface area (TPSA) is 43.8 Å². The third kappa shape index (κ3) is 2.15. The Balaban J connectivity index is 2.17. The second-order valence-electron chi connectivity index (χ2n) is 4.19. The summed E-state index contributed by atoms with van der Waals surface area (Å²) < 4.78 is 0.910. The molecule has 3 aromatic rings. The van der Waals surface area contributed by atoms with Crippen molar-refractivity contribution in [3.63, 3.8) is 0 Å². The lowest BCUT2D eigenvalue weighted by atomic mass is 10.1. The first-order valence-electron chi connectivity index (χ1n) is 5.92. The zero-order chi connectivity index (χ0) is 13.2. The van der Waals surface area contributed by atoms with Crippen molar-refractivity contribution >= 4 is 15.9 Å². The molecule has 2 aromatic carbocycles. The van der Waals surface area contributed by atoms with Crippen LogP contribution in [-0.2, 0) is 0 Å². The summed E-state index contributed by atoms with van der Waals surface area (Å²) in [5.41, 5.74) is 3.80. The molecule has 0 spiro atoms. The van der Waals surface area contributed by atoms with E-state index < -0.39 is 0 Å². The lowest BCUT2D eigenvalue weighted by molar-refractivity contribution is 0.843. The highest BCUT2D eigenvalue weighted by Crippen LogP contribution is 2.35. The highest BCUT2D eigenvalue weighted by molar-refractivity contribution is 9.10. The molecule has 3 rings (SSSR count). The summed E-state index contributed by atoms with van der Waals surface area (Å²) in [5, 5.41) is 4.40. The summed E-state index contributed by atoms with van der Waals surface area (Å²) in [6.07, 6.45) is 0. The summed E-state index contributed by atoms with van der Waals surface area (Å²) in [7, 11) is 0. The number of nitrogens with zero attached hydrogens (tertiary/aromatic N) is 2. The maximum absolute atomic E-state index is 5.99. The van der Waals surface area contributed by atoms with Gasteiger partial charge < -0.3 is 5.84 Å². The number of aromatic nitrogens is 2. The van der Waals surface area contributed by atoms with Crippen molar-refractivity contribution in [3.8, 4) is 22.5 Å². The summed E-state index contributed by atoms with van der Waals surface area (Å²) in [4.78, 5) is 1.42. The van der Waals surface area contributed by atoms with E-state index in [-0.39, 0.29) is 0 Å². The van der Waals surface area contributed by atoms with Gasteiger partial charge in [-0.15, -0.1) is 0 Å². The standard InChI is InChI=1S/C15H12BrN3/c16-13-14(11-7-3-1-4-8-11)18-19(17)15(13)12-9-5-2-6-10-12/h1-10H,17H2. The van der Waals surface area contributed by atoms with Crippen LogP contribution in [0.15, 0.2) is 65.1 Å². The normalized spacial score (nSPS) is 10.6. The molecular weight excluding hydrogens is 302 g/mol. The van der Waals surface area contributed by atoms with Gasteiger partial charge in [-0.1, -0.05) is 60.7 Å². The van der Waals surface area contributed by atoms with Crippen molar-refractivity contribution < 1.29 is 0 Å². The van der Waals surface area contributed by atoms with Gasteiger partial charge in [0.1, 0.15) is 11.4 Å². The van der Waals surface area contributed by atoms with Gasteiger partial charge in [0.05, 0.1) is 4.47 Å². The second kappa shape index (κ2) is 4.90. The Morgan fingerprint density at radius 2 is 1.37 bits per heavy atom. The summed E-state index contributed by atoms with van der Waals surface area (Å²) in [6.45, 7) is 0. The van der Waals surface area contributed by atoms with Crippen LogP contribution in [0.2, 0.25) is 0 Å². The molecule has 2 N–H and O–H groups in total. The van der Waals surface area contributed by atoms with E-state index in [0.717, 1.165) is 27.0 Å². The maximum atomic E-state index is 5.99. The van der Waals surface area contributed by atoms with Crippen molar-refractivity contribution in [1.29, 1.82) is 0 Å². The van der Waals surface area contributed by atoms with Crippen LogP contribution < -0.4 is 5.84 Å². The van der Waals surface area contributed by atoms with E-state index in [0.29, 0.717) is 0 Å². The molecule has 4 heteroatoms. The zero-order valence-electron chi connectivity index (χ0n) is 10.1. The molecule has 3 nitrogen and oxygen atoms in total. The molecule has 0 atom stereocenters. The second-order valence-corrected chi connectivity index (χ2v) is 4.98. The average Bonchev–Trinajstić information content (AvgIpc) is 2.76. The average molecular weight is 314 g/mol. The van der Waals surface area contributed by atoms with E-state index in [1.165, 1.54) is 4.79 Å². The van der Waals surface area contributed by atoms with Gasteiger partial charge in [-0.25, -0.2) is 0 Å². The highest BCUT2D eigenvalue weighted by Gasteiger charge is 2.16. The molecule has 1 aromatic heterocycles. The van der Waals surface area contributed by atoms with Crippen LogP contribution in [-0.4, -0.2) is 9.89 Å². The van der Waals surface area contributed by atoms with Crippen LogP contribution in [0.3, 0.4) is 0 Å². The molecule has 0 aliphatic rings. The first-order chi connectivity index (χ1) is 9.27. The van der Waals surface area contributed by atoms with Crippen molar-refractivity contribution in [2.45, 2.75) is 0 Å². The number of nitrogens with two attached hydrogens (primary N) is 1. The largest absolute Gasteiger partial charge is 0.323 e. The van der Waals surface area contributed by atoms with Gasteiger partial charge in [0.25, 0.3) is 0 Å². The summed E-state index contributed by atoms with van der Waals surface area (Å²) >= 11 is 3.61. The molecule has 0 saturated heterocycles. The minimum absolute atomic E-state index is 0.849. The van der Waals surface area contributed by atoms with E-state index in [9.17, 15) is 0 Å². The molecule has 1 heterocycles. The summed E-state index contributed by atoms with van der Waals surface area (Å²) in [6, 6.07) is 20.0. The maximum Gasteiger partial charge on any atom is 0.109 e. The van der Waals surface area contributed by atoms with Gasteiger partial charge in [0, 0.05) is 11.1 Å². The predicted octanol–water partition coefficient (Wildman–Crippen LogP) is 3.69. The Bertz CT molecular complexity index is 690. The van der Waals surface area contributed by atoms with Crippen molar-refractivity contribution in [2.24, 2.45) is 0 Å². The minimum Gasteiger partial charge on any atom is -0.323 e. The van der Waals surface area contributed by atoms with Crippen LogP contribution in [0.25, 0.3) is 22.5 Å². The SMILES string of the molecule is Nn1nc(-c2ccccc2)c(Br)c1-c1ccccc1. The Morgan fingerprint density at radius 1 is 0.842 bits per heavy atom. The molecule has 0 fully saturated rings. The molecule has 0 amide bonds. The molecular formula is C15H12BrN3. The number of halogens is 1. The fourth-order valence-corrected chi connectivity index (χ4v) is 2.77. The minimum atomic E-state index is 0.849. The fourth-order valence-electron chi connectivity index (χ4n) is 2.05. The molecule has 0 radical (unpaired) electrons. The number of benzene rings is 2. The van der Waals surface area contributed by atoms with Gasteiger partial charge in [0.15, 0.2) is 0 Å². The number of rotatable bonds is 2. The van der Waals surface area contributed by atoms with Crippen LogP contribution in [0.4, 0.5) is 0 Å². The lowest BCUT2D eigenvalue weighted by Crippen LogP contribution is -2.11. The molecule has 0 unspecified atom stereocenters. The van der Waals surface area contributed by atoms with Crippen molar-refractivity contribution in [2.75, 3.05) is 5.84 Å². The van der Waals surface area contributed by atoms with Crippen molar-refractivity contribution in [1.82, 2.24) is 9.89 Å². The van der Waals surface area contributed by atoms with E-state index in [4.69, 9.17) is 5.84 Å². The third-order valence-electron chi connectivity index (χ3n) is 2.95. The molecule has 0 aliphatic heterocycles. The quantitative estimate of drug-likeness (QED) is 0.733. The molecule has 19 heavy (non-hydrogen) atoms. The van der Waals surface area contributed by atoms with Gasteiger partial charge in [-0.3, -0.25) is 0 Å². The van der Waals surface area contributed by atoms with Crippen LogP contribution in [0.1, 0.15) is 0 Å². The monoisotopic (exact) mass is 313 g/mol. The Morgan fingerprint density at radius 3 is 1.95 bits per heavy atom. The van der Waals surface area contributed by atoms with E-state index in [1.54, 1.807) is 0 Å². The van der Waals surface area contributed by atoms with Gasteiger partial charge in [-0.2, -0.15) is 9.89 Å². The van der Waals surface area contributed by atoms with Crippen LogP contribution in [0, 0.1) is 0 Å². The van der Waals surface area contributed by atoms with Gasteiger partial charge >= 0.3 is 0 Å². The molecule has 94 valence electrons. The van der Waals surface area contributed by atoms with Gasteiger partial charge in [0.2, 0.25) is 0 Å². The first kappa shape index (κ1) is 12.0.